The number of likely N-dealkylation sites (tertiary alicyclic amines) is 1. The number of anilines is 1. The molecule has 2 heterocycles. The lowest BCUT2D eigenvalue weighted by molar-refractivity contribution is -0.122. The highest BCUT2D eigenvalue weighted by Gasteiger charge is 2.26. The summed E-state index contributed by atoms with van der Waals surface area (Å²) in [5.74, 6) is -4.81. The molecule has 0 aliphatic carbocycles. The lowest BCUT2D eigenvalue weighted by Crippen LogP contribution is -2.36. The maximum atomic E-state index is 14.7. The van der Waals surface area contributed by atoms with E-state index in [1.165, 1.54) is 18.2 Å². The number of halogens is 4. The summed E-state index contributed by atoms with van der Waals surface area (Å²) >= 11 is 0. The lowest BCUT2D eigenvalue weighted by Gasteiger charge is -2.31. The molecule has 0 spiro atoms. The number of hydrogen-bond acceptors (Lipinski definition) is 6. The average Bonchev–Trinajstić information content (AvgIpc) is 2.75. The maximum absolute atomic E-state index is 14.7. The highest BCUT2D eigenvalue weighted by atomic mass is 32.2. The quantitative estimate of drug-likeness (QED) is 0.259. The first-order valence-corrected chi connectivity index (χ1v) is 12.4. The minimum absolute atomic E-state index is 0.0337. The minimum atomic E-state index is -4.47. The molecular formula is C24H23F4N3O4S. The topological polar surface area (TPSA) is 99.6 Å². The van der Waals surface area contributed by atoms with Crippen LogP contribution in [-0.2, 0) is 33.5 Å². The van der Waals surface area contributed by atoms with Gasteiger partial charge >= 0.3 is 0 Å². The van der Waals surface area contributed by atoms with E-state index in [1.807, 2.05) is 0 Å². The number of rotatable bonds is 8. The molecule has 0 radical (unpaired) electrons. The Bertz CT molecular complexity index is 1310. The van der Waals surface area contributed by atoms with E-state index in [0.717, 1.165) is 43.3 Å². The van der Waals surface area contributed by atoms with Gasteiger partial charge < -0.3 is 10.4 Å². The summed E-state index contributed by atoms with van der Waals surface area (Å²) in [6.07, 6.45) is 1.09. The van der Waals surface area contributed by atoms with Crippen LogP contribution < -0.4 is 5.32 Å². The minimum Gasteiger partial charge on any atom is -0.483 e. The second kappa shape index (κ2) is 12.0. The summed E-state index contributed by atoms with van der Waals surface area (Å²) in [7, 11) is -4.47. The largest absolute Gasteiger partial charge is 0.483 e. The molecule has 0 amide bonds. The summed E-state index contributed by atoms with van der Waals surface area (Å²) < 4.78 is 82.1. The van der Waals surface area contributed by atoms with Crippen LogP contribution in [0, 0.1) is 23.4 Å². The molecule has 2 aromatic carbocycles. The van der Waals surface area contributed by atoms with Crippen LogP contribution in [0.25, 0.3) is 0 Å². The fourth-order valence-electron chi connectivity index (χ4n) is 3.68. The van der Waals surface area contributed by atoms with Crippen LogP contribution >= 0.6 is 0 Å². The van der Waals surface area contributed by atoms with Gasteiger partial charge in [-0.1, -0.05) is 18.2 Å². The SMILES string of the molecule is O=CO.O=S(=O)(Cc1cccc(F)n1)c1c(F)cc(NCc2c(F)cccc2CN2CCC2)cc1F. The molecule has 1 fully saturated rings. The molecule has 1 aliphatic heterocycles. The van der Waals surface area contributed by atoms with E-state index in [2.05, 4.69) is 15.2 Å². The molecule has 12 heteroatoms. The van der Waals surface area contributed by atoms with Gasteiger partial charge in [-0.15, -0.1) is 0 Å². The van der Waals surface area contributed by atoms with Crippen LogP contribution in [0.4, 0.5) is 23.2 Å². The van der Waals surface area contributed by atoms with Crippen molar-refractivity contribution in [2.75, 3.05) is 18.4 Å². The molecular weight excluding hydrogens is 502 g/mol. The number of carbonyl (C=O) groups is 1. The Hall–Kier alpha value is -3.51. The zero-order chi connectivity index (χ0) is 26.3. The maximum Gasteiger partial charge on any atom is 0.290 e. The monoisotopic (exact) mass is 525 g/mol. The van der Waals surface area contributed by atoms with Crippen LogP contribution in [0.2, 0.25) is 0 Å². The van der Waals surface area contributed by atoms with Gasteiger partial charge in [0.25, 0.3) is 6.47 Å². The molecule has 36 heavy (non-hydrogen) atoms. The molecule has 1 aliphatic rings. The first-order chi connectivity index (χ1) is 17.1. The molecule has 4 rings (SSSR count). The summed E-state index contributed by atoms with van der Waals surface area (Å²) in [6.45, 7) is 2.15. The van der Waals surface area contributed by atoms with Crippen LogP contribution in [0.3, 0.4) is 0 Å². The Kier molecular flexibility index (Phi) is 8.99. The van der Waals surface area contributed by atoms with Gasteiger partial charge in [0.1, 0.15) is 22.3 Å². The standard InChI is InChI=1S/C23H21F4N3O2S.CH2O2/c24-19-6-1-4-15(13-30-8-3-9-30)18(19)12-28-17-10-20(25)23(21(26)11-17)33(31,32)14-16-5-2-7-22(27)29-16;2-1-3/h1-2,4-7,10-11,28H,3,8-9,12-14H2;1H,(H,2,3). The Balaban J connectivity index is 0.00000115. The molecule has 7 nitrogen and oxygen atoms in total. The van der Waals surface area contributed by atoms with Gasteiger partial charge in [-0.05, 0) is 55.4 Å². The number of benzene rings is 2. The van der Waals surface area contributed by atoms with Gasteiger partial charge in [-0.25, -0.2) is 26.6 Å². The third-order valence-electron chi connectivity index (χ3n) is 5.45. The zero-order valence-electron chi connectivity index (χ0n) is 18.9. The molecule has 0 atom stereocenters. The summed E-state index contributed by atoms with van der Waals surface area (Å²) in [5, 5.41) is 9.66. The Morgan fingerprint density at radius 2 is 1.64 bits per heavy atom. The first-order valence-electron chi connectivity index (χ1n) is 10.8. The van der Waals surface area contributed by atoms with Gasteiger partial charge in [0.2, 0.25) is 5.95 Å². The van der Waals surface area contributed by atoms with E-state index in [-0.39, 0.29) is 24.4 Å². The number of carboxylic acid groups (broad SMARTS) is 1. The number of nitrogens with one attached hydrogen (secondary N) is 1. The zero-order valence-corrected chi connectivity index (χ0v) is 19.7. The van der Waals surface area contributed by atoms with Crippen molar-refractivity contribution in [3.05, 3.63) is 88.8 Å². The smallest absolute Gasteiger partial charge is 0.290 e. The molecule has 192 valence electrons. The van der Waals surface area contributed by atoms with Crippen molar-refractivity contribution in [2.45, 2.75) is 30.2 Å². The van der Waals surface area contributed by atoms with Crippen LogP contribution in [0.1, 0.15) is 23.2 Å². The average molecular weight is 526 g/mol. The summed E-state index contributed by atoms with van der Waals surface area (Å²) in [4.78, 5) is 12.8. The summed E-state index contributed by atoms with van der Waals surface area (Å²) in [5.41, 5.74) is 0.931. The van der Waals surface area contributed by atoms with Crippen molar-refractivity contribution in [3.63, 3.8) is 0 Å². The second-order valence-electron chi connectivity index (χ2n) is 7.95. The van der Waals surface area contributed by atoms with Gasteiger partial charge in [0.15, 0.2) is 9.84 Å². The van der Waals surface area contributed by atoms with Gasteiger partial charge in [-0.2, -0.15) is 4.39 Å². The van der Waals surface area contributed by atoms with Gasteiger partial charge in [0.05, 0.1) is 11.4 Å². The predicted octanol–water partition coefficient (Wildman–Crippen LogP) is 4.13. The Morgan fingerprint density at radius 3 is 2.22 bits per heavy atom. The van der Waals surface area contributed by atoms with E-state index in [4.69, 9.17) is 9.90 Å². The second-order valence-corrected chi connectivity index (χ2v) is 9.87. The highest BCUT2D eigenvalue weighted by molar-refractivity contribution is 7.90. The molecule has 0 saturated carbocycles. The number of nitrogens with zero attached hydrogens (tertiary/aromatic N) is 2. The summed E-state index contributed by atoms with van der Waals surface area (Å²) in [6, 6.07) is 9.94. The molecule has 2 N–H and O–H groups in total. The molecule has 1 aromatic heterocycles. The van der Waals surface area contributed by atoms with Gasteiger partial charge in [0, 0.05) is 24.3 Å². The molecule has 3 aromatic rings. The van der Waals surface area contributed by atoms with E-state index >= 15 is 0 Å². The number of pyridine rings is 1. The fraction of sp³-hybridized carbons (Fsp3) is 0.250. The van der Waals surface area contributed by atoms with Gasteiger partial charge in [-0.3, -0.25) is 9.69 Å². The normalized spacial score (nSPS) is 13.3. The third kappa shape index (κ3) is 6.79. The van der Waals surface area contributed by atoms with Crippen LogP contribution in [-0.4, -0.2) is 43.0 Å². The molecule has 1 saturated heterocycles. The van der Waals surface area contributed by atoms with Crippen molar-refractivity contribution in [3.8, 4) is 0 Å². The number of hydrogen-bond donors (Lipinski definition) is 2. The fourth-order valence-corrected chi connectivity index (χ4v) is 5.08. The number of aromatic nitrogens is 1. The van der Waals surface area contributed by atoms with Crippen LogP contribution in [0.15, 0.2) is 53.4 Å². The first kappa shape index (κ1) is 27.1. The van der Waals surface area contributed by atoms with E-state index < -0.39 is 43.9 Å². The van der Waals surface area contributed by atoms with Crippen LogP contribution in [0.5, 0.6) is 0 Å². The third-order valence-corrected chi connectivity index (χ3v) is 7.14. The molecule has 0 unspecified atom stereocenters. The van der Waals surface area contributed by atoms with Crippen molar-refractivity contribution < 1.29 is 35.9 Å². The molecule has 0 bridgehead atoms. The van der Waals surface area contributed by atoms with Crippen molar-refractivity contribution >= 4 is 22.0 Å². The van der Waals surface area contributed by atoms with E-state index in [0.29, 0.717) is 12.1 Å². The highest BCUT2D eigenvalue weighted by Crippen LogP contribution is 2.27. The lowest BCUT2D eigenvalue weighted by atomic mass is 10.0. The van der Waals surface area contributed by atoms with E-state index in [1.54, 1.807) is 12.1 Å². The van der Waals surface area contributed by atoms with Crippen molar-refractivity contribution in [1.82, 2.24) is 9.88 Å². The number of sulfone groups is 1. The van der Waals surface area contributed by atoms with Crippen molar-refractivity contribution in [1.29, 1.82) is 0 Å². The van der Waals surface area contributed by atoms with Crippen molar-refractivity contribution in [2.24, 2.45) is 0 Å². The Morgan fingerprint density at radius 1 is 1.00 bits per heavy atom. The van der Waals surface area contributed by atoms with E-state index in [9.17, 15) is 26.0 Å². The predicted molar refractivity (Wildman–Crippen MR) is 124 cm³/mol. The Labute approximate surface area is 205 Å².